The largest absolute Gasteiger partial charge is 0.393 e. The fraction of sp³-hybridized carbons (Fsp3) is 0.625. The summed E-state index contributed by atoms with van der Waals surface area (Å²) in [7, 11) is 0. The van der Waals surface area contributed by atoms with Crippen LogP contribution in [0.1, 0.15) is 63.6 Å². The minimum atomic E-state index is -0.173. The Bertz CT molecular complexity index is 331. The van der Waals surface area contributed by atoms with Gasteiger partial charge in [-0.15, -0.1) is 0 Å². The van der Waals surface area contributed by atoms with E-state index in [0.29, 0.717) is 12.0 Å². The predicted octanol–water partition coefficient (Wildman–Crippen LogP) is 3.62. The molecule has 0 aliphatic heterocycles. The van der Waals surface area contributed by atoms with Gasteiger partial charge in [-0.05, 0) is 43.4 Å². The number of rotatable bonds is 7. The highest BCUT2D eigenvalue weighted by molar-refractivity contribution is 5.26. The van der Waals surface area contributed by atoms with E-state index in [1.54, 1.807) is 0 Å². The molecule has 18 heavy (non-hydrogen) atoms. The number of aliphatic hydroxyl groups excluding tert-OH is 1. The van der Waals surface area contributed by atoms with Crippen LogP contribution in [-0.4, -0.2) is 17.8 Å². The Labute approximate surface area is 111 Å². The van der Waals surface area contributed by atoms with Crippen molar-refractivity contribution in [2.24, 2.45) is 0 Å². The maximum Gasteiger partial charge on any atom is 0.0549 e. The molecule has 102 valence electrons. The lowest BCUT2D eigenvalue weighted by molar-refractivity contribution is 0.159. The Morgan fingerprint density at radius 1 is 1.06 bits per heavy atom. The molecule has 2 atom stereocenters. The standard InChI is InChI=1S/C16H27NO/c1-5-16(18)10-11-17-13(4)15-8-6-14(7-9-15)12(2)3/h6-9,12-13,16-18H,5,10-11H2,1-4H3. The summed E-state index contributed by atoms with van der Waals surface area (Å²) in [6, 6.07) is 9.15. The van der Waals surface area contributed by atoms with Crippen molar-refractivity contribution in [3.63, 3.8) is 0 Å². The Morgan fingerprint density at radius 2 is 1.61 bits per heavy atom. The first-order valence-corrected chi connectivity index (χ1v) is 7.05. The van der Waals surface area contributed by atoms with Gasteiger partial charge in [0.1, 0.15) is 0 Å². The Hall–Kier alpha value is -0.860. The van der Waals surface area contributed by atoms with E-state index < -0.39 is 0 Å². The summed E-state index contributed by atoms with van der Waals surface area (Å²) in [5, 5.41) is 13.0. The second-order valence-electron chi connectivity index (χ2n) is 5.35. The molecule has 0 saturated carbocycles. The maximum absolute atomic E-state index is 9.50. The molecule has 0 fully saturated rings. The van der Waals surface area contributed by atoms with Gasteiger partial charge in [0.25, 0.3) is 0 Å². The van der Waals surface area contributed by atoms with Gasteiger partial charge in [0.05, 0.1) is 6.10 Å². The molecule has 0 bridgehead atoms. The zero-order valence-electron chi connectivity index (χ0n) is 12.1. The number of aliphatic hydroxyl groups is 1. The lowest BCUT2D eigenvalue weighted by atomic mass is 9.99. The summed E-state index contributed by atoms with van der Waals surface area (Å²) in [5.74, 6) is 0.585. The lowest BCUT2D eigenvalue weighted by Crippen LogP contribution is -2.23. The predicted molar refractivity (Wildman–Crippen MR) is 77.9 cm³/mol. The van der Waals surface area contributed by atoms with Gasteiger partial charge in [0.15, 0.2) is 0 Å². The van der Waals surface area contributed by atoms with E-state index >= 15 is 0 Å². The van der Waals surface area contributed by atoms with Crippen molar-refractivity contribution in [1.82, 2.24) is 5.32 Å². The molecule has 0 aromatic heterocycles. The molecule has 0 saturated heterocycles. The van der Waals surface area contributed by atoms with Crippen molar-refractivity contribution in [3.8, 4) is 0 Å². The minimum absolute atomic E-state index is 0.173. The number of hydrogen-bond acceptors (Lipinski definition) is 2. The quantitative estimate of drug-likeness (QED) is 0.773. The van der Waals surface area contributed by atoms with Gasteiger partial charge in [-0.3, -0.25) is 0 Å². The van der Waals surface area contributed by atoms with Gasteiger partial charge in [0.2, 0.25) is 0 Å². The first-order chi connectivity index (χ1) is 8.54. The molecule has 2 nitrogen and oxygen atoms in total. The zero-order valence-corrected chi connectivity index (χ0v) is 12.1. The number of hydrogen-bond donors (Lipinski definition) is 2. The van der Waals surface area contributed by atoms with Gasteiger partial charge in [-0.2, -0.15) is 0 Å². The van der Waals surface area contributed by atoms with Crippen molar-refractivity contribution in [2.45, 2.75) is 58.6 Å². The van der Waals surface area contributed by atoms with Crippen LogP contribution < -0.4 is 5.32 Å². The molecule has 0 spiro atoms. The summed E-state index contributed by atoms with van der Waals surface area (Å²) >= 11 is 0. The second kappa shape index (κ2) is 7.55. The summed E-state index contributed by atoms with van der Waals surface area (Å²) in [4.78, 5) is 0. The third kappa shape index (κ3) is 4.79. The van der Waals surface area contributed by atoms with E-state index in [9.17, 15) is 5.11 Å². The van der Waals surface area contributed by atoms with Gasteiger partial charge in [0, 0.05) is 6.04 Å². The van der Waals surface area contributed by atoms with Gasteiger partial charge in [-0.25, -0.2) is 0 Å². The van der Waals surface area contributed by atoms with Crippen LogP contribution in [0.5, 0.6) is 0 Å². The normalized spacial score (nSPS) is 14.8. The summed E-state index contributed by atoms with van der Waals surface area (Å²) in [6.45, 7) is 9.47. The molecular formula is C16H27NO. The monoisotopic (exact) mass is 249 g/mol. The minimum Gasteiger partial charge on any atom is -0.393 e. The third-order valence-electron chi connectivity index (χ3n) is 3.50. The van der Waals surface area contributed by atoms with Crippen molar-refractivity contribution in [3.05, 3.63) is 35.4 Å². The van der Waals surface area contributed by atoms with Crippen LogP contribution in [0.3, 0.4) is 0 Å². The molecule has 1 aromatic rings. The van der Waals surface area contributed by atoms with Crippen LogP contribution >= 0.6 is 0 Å². The Morgan fingerprint density at radius 3 is 2.11 bits per heavy atom. The SMILES string of the molecule is CCC(O)CCNC(C)c1ccc(C(C)C)cc1. The summed E-state index contributed by atoms with van der Waals surface area (Å²) in [5.41, 5.74) is 2.69. The zero-order chi connectivity index (χ0) is 13.5. The van der Waals surface area contributed by atoms with Crippen LogP contribution in [-0.2, 0) is 0 Å². The molecule has 2 heteroatoms. The van der Waals surface area contributed by atoms with Crippen LogP contribution in [0.4, 0.5) is 0 Å². The van der Waals surface area contributed by atoms with Crippen molar-refractivity contribution >= 4 is 0 Å². The summed E-state index contributed by atoms with van der Waals surface area (Å²) < 4.78 is 0. The molecule has 0 heterocycles. The fourth-order valence-corrected chi connectivity index (χ4v) is 1.96. The highest BCUT2D eigenvalue weighted by Gasteiger charge is 2.07. The molecule has 0 aliphatic carbocycles. The maximum atomic E-state index is 9.50. The van der Waals surface area contributed by atoms with Crippen LogP contribution in [0, 0.1) is 0 Å². The van der Waals surface area contributed by atoms with E-state index in [1.165, 1.54) is 11.1 Å². The van der Waals surface area contributed by atoms with E-state index in [2.05, 4.69) is 50.4 Å². The van der Waals surface area contributed by atoms with Gasteiger partial charge >= 0.3 is 0 Å². The summed E-state index contributed by atoms with van der Waals surface area (Å²) in [6.07, 6.45) is 1.48. The first kappa shape index (κ1) is 15.2. The average Bonchev–Trinajstić information content (AvgIpc) is 2.38. The van der Waals surface area contributed by atoms with Gasteiger partial charge < -0.3 is 10.4 Å². The van der Waals surface area contributed by atoms with Crippen LogP contribution in [0.2, 0.25) is 0 Å². The van der Waals surface area contributed by atoms with E-state index in [4.69, 9.17) is 0 Å². The number of benzene rings is 1. The molecule has 1 rings (SSSR count). The highest BCUT2D eigenvalue weighted by Crippen LogP contribution is 2.18. The van der Waals surface area contributed by atoms with Crippen molar-refractivity contribution < 1.29 is 5.11 Å². The Kier molecular flexibility index (Phi) is 6.37. The van der Waals surface area contributed by atoms with Crippen molar-refractivity contribution in [2.75, 3.05) is 6.54 Å². The second-order valence-corrected chi connectivity index (χ2v) is 5.35. The average molecular weight is 249 g/mol. The highest BCUT2D eigenvalue weighted by atomic mass is 16.3. The molecule has 1 aromatic carbocycles. The third-order valence-corrected chi connectivity index (χ3v) is 3.50. The van der Waals surface area contributed by atoms with Crippen molar-refractivity contribution in [1.29, 1.82) is 0 Å². The lowest BCUT2D eigenvalue weighted by Gasteiger charge is -2.16. The number of nitrogens with one attached hydrogen (secondary N) is 1. The molecule has 0 aliphatic rings. The van der Waals surface area contributed by atoms with Gasteiger partial charge in [-0.1, -0.05) is 45.0 Å². The first-order valence-electron chi connectivity index (χ1n) is 7.05. The molecule has 0 amide bonds. The fourth-order valence-electron chi connectivity index (χ4n) is 1.96. The van der Waals surface area contributed by atoms with Crippen LogP contribution in [0.25, 0.3) is 0 Å². The molecule has 2 N–H and O–H groups in total. The van der Waals surface area contributed by atoms with E-state index in [1.807, 2.05) is 6.92 Å². The van der Waals surface area contributed by atoms with E-state index in [-0.39, 0.29) is 6.10 Å². The molecular weight excluding hydrogens is 222 g/mol. The topological polar surface area (TPSA) is 32.3 Å². The molecule has 0 radical (unpaired) electrons. The Balaban J connectivity index is 2.44. The van der Waals surface area contributed by atoms with Crippen LogP contribution in [0.15, 0.2) is 24.3 Å². The smallest absolute Gasteiger partial charge is 0.0549 e. The van der Waals surface area contributed by atoms with E-state index in [0.717, 1.165) is 19.4 Å². The molecule has 2 unspecified atom stereocenters.